The highest BCUT2D eigenvalue weighted by Crippen LogP contribution is 2.31. The Balaban J connectivity index is 2.08. The largest absolute Gasteiger partial charge is 0.419 e. The van der Waals surface area contributed by atoms with Gasteiger partial charge in [-0.1, -0.05) is 38.1 Å². The maximum atomic E-state index is 13.4. The van der Waals surface area contributed by atoms with E-state index in [1.54, 1.807) is 27.7 Å². The van der Waals surface area contributed by atoms with Crippen LogP contribution in [0.5, 0.6) is 0 Å². The number of cyclic esters (lactones) is 2. The highest BCUT2D eigenvalue weighted by molar-refractivity contribution is 6.16. The highest BCUT2D eigenvalue weighted by atomic mass is 16.7. The molecule has 1 unspecified atom stereocenters. The van der Waals surface area contributed by atoms with Gasteiger partial charge < -0.3 is 29.7 Å². The van der Waals surface area contributed by atoms with E-state index in [0.29, 0.717) is 24.7 Å². The SMILES string of the molecule is CC(C)Cc1ccc(CN(C(Nc2ccc(N(C)C)cc2)=C2C(=O)OC(C)(C)OC2=O)C(C)CCCC(C)(C)O)cc1. The van der Waals surface area contributed by atoms with Crippen LogP contribution in [0.15, 0.2) is 59.9 Å². The summed E-state index contributed by atoms with van der Waals surface area (Å²) >= 11 is 0. The van der Waals surface area contributed by atoms with Crippen molar-refractivity contribution < 1.29 is 24.2 Å². The molecule has 0 bridgehead atoms. The summed E-state index contributed by atoms with van der Waals surface area (Å²) in [5.74, 6) is -1.93. The van der Waals surface area contributed by atoms with Crippen molar-refractivity contribution >= 4 is 23.3 Å². The molecule has 8 nitrogen and oxygen atoms in total. The van der Waals surface area contributed by atoms with Crippen LogP contribution in [-0.4, -0.2) is 53.5 Å². The Bertz CT molecular complexity index is 1220. The third-order valence-corrected chi connectivity index (χ3v) is 7.22. The monoisotopic (exact) mass is 579 g/mol. The summed E-state index contributed by atoms with van der Waals surface area (Å²) in [6.45, 7) is 13.6. The molecule has 0 saturated carbocycles. The van der Waals surface area contributed by atoms with E-state index in [1.807, 2.05) is 48.2 Å². The smallest absolute Gasteiger partial charge is 0.352 e. The summed E-state index contributed by atoms with van der Waals surface area (Å²) in [4.78, 5) is 30.8. The molecule has 1 atom stereocenters. The van der Waals surface area contributed by atoms with Crippen LogP contribution in [0.25, 0.3) is 0 Å². The van der Waals surface area contributed by atoms with Gasteiger partial charge in [0, 0.05) is 51.9 Å². The zero-order valence-corrected chi connectivity index (χ0v) is 26.8. The van der Waals surface area contributed by atoms with Crippen LogP contribution in [-0.2, 0) is 32.0 Å². The van der Waals surface area contributed by atoms with Crippen LogP contribution >= 0.6 is 0 Å². The zero-order chi connectivity index (χ0) is 31.2. The maximum absolute atomic E-state index is 13.4. The fraction of sp³-hybridized carbons (Fsp3) is 0.529. The van der Waals surface area contributed by atoms with Gasteiger partial charge in [0.05, 0.1) is 5.60 Å². The van der Waals surface area contributed by atoms with Crippen molar-refractivity contribution in [3.05, 3.63) is 71.1 Å². The molecular formula is C34H49N3O5. The average Bonchev–Trinajstić information content (AvgIpc) is 2.85. The molecule has 0 aromatic heterocycles. The minimum atomic E-state index is -1.36. The Morgan fingerprint density at radius 1 is 0.929 bits per heavy atom. The zero-order valence-electron chi connectivity index (χ0n) is 26.8. The minimum absolute atomic E-state index is 0.103. The van der Waals surface area contributed by atoms with Crippen molar-refractivity contribution in [3.8, 4) is 0 Å². The van der Waals surface area contributed by atoms with Crippen LogP contribution in [0.3, 0.4) is 0 Å². The molecule has 1 fully saturated rings. The molecule has 1 aliphatic rings. The highest BCUT2D eigenvalue weighted by Gasteiger charge is 2.42. The van der Waals surface area contributed by atoms with E-state index in [4.69, 9.17) is 9.47 Å². The molecule has 0 amide bonds. The fourth-order valence-corrected chi connectivity index (χ4v) is 4.99. The number of esters is 2. The summed E-state index contributed by atoms with van der Waals surface area (Å²) in [7, 11) is 3.93. The lowest BCUT2D eigenvalue weighted by Gasteiger charge is -2.37. The second-order valence-corrected chi connectivity index (χ2v) is 13.1. The number of ether oxygens (including phenoxy) is 2. The van der Waals surface area contributed by atoms with Crippen LogP contribution in [0.2, 0.25) is 0 Å². The van der Waals surface area contributed by atoms with Crippen LogP contribution < -0.4 is 10.2 Å². The molecule has 2 N–H and O–H groups in total. The van der Waals surface area contributed by atoms with E-state index in [9.17, 15) is 14.7 Å². The first kappa shape index (κ1) is 33.0. The summed E-state index contributed by atoms with van der Waals surface area (Å²) in [5, 5.41) is 13.7. The second-order valence-electron chi connectivity index (χ2n) is 13.1. The van der Waals surface area contributed by atoms with Gasteiger partial charge in [0.1, 0.15) is 5.82 Å². The van der Waals surface area contributed by atoms with Gasteiger partial charge in [0.15, 0.2) is 5.57 Å². The minimum Gasteiger partial charge on any atom is -0.419 e. The number of anilines is 2. The van der Waals surface area contributed by atoms with Crippen LogP contribution in [0.4, 0.5) is 11.4 Å². The Kier molecular flexibility index (Phi) is 10.7. The normalized spacial score (nSPS) is 15.6. The third-order valence-electron chi connectivity index (χ3n) is 7.22. The number of carbonyl (C=O) groups excluding carboxylic acids is 2. The Labute approximate surface area is 251 Å². The number of carbonyl (C=O) groups is 2. The topological polar surface area (TPSA) is 91.3 Å². The van der Waals surface area contributed by atoms with Crippen molar-refractivity contribution in [3.63, 3.8) is 0 Å². The molecule has 3 rings (SSSR count). The van der Waals surface area contributed by atoms with E-state index in [2.05, 4.69) is 50.4 Å². The van der Waals surface area contributed by atoms with Crippen LogP contribution in [0, 0.1) is 5.92 Å². The van der Waals surface area contributed by atoms with E-state index in [0.717, 1.165) is 36.2 Å². The van der Waals surface area contributed by atoms with Gasteiger partial charge in [0.25, 0.3) is 5.79 Å². The van der Waals surface area contributed by atoms with E-state index < -0.39 is 23.3 Å². The molecule has 2 aromatic carbocycles. The predicted molar refractivity (Wildman–Crippen MR) is 168 cm³/mol. The number of hydrogen-bond acceptors (Lipinski definition) is 8. The standard InChI is InChI=1S/C34H49N3O5/c1-23(2)21-25-12-14-26(15-13-25)22-37(24(3)11-10-20-33(4,5)40)30(29-31(38)41-34(6,7)42-32(29)39)35-27-16-18-28(19-17-27)36(8)9/h12-19,23-24,35,40H,10-11,20-22H2,1-9H3. The van der Waals surface area contributed by atoms with Crippen molar-refractivity contribution in [1.29, 1.82) is 0 Å². The molecule has 1 saturated heterocycles. The van der Waals surface area contributed by atoms with Gasteiger partial charge >= 0.3 is 11.9 Å². The average molecular weight is 580 g/mol. The number of nitrogens with zero attached hydrogens (tertiary/aromatic N) is 2. The van der Waals surface area contributed by atoms with Gasteiger partial charge in [-0.3, -0.25) is 0 Å². The second kappa shape index (κ2) is 13.6. The van der Waals surface area contributed by atoms with E-state index in [1.165, 1.54) is 5.56 Å². The Hall–Kier alpha value is -3.52. The summed E-state index contributed by atoms with van der Waals surface area (Å²) in [6, 6.07) is 16.1. The molecular weight excluding hydrogens is 530 g/mol. The van der Waals surface area contributed by atoms with Crippen molar-refractivity contribution in [2.75, 3.05) is 24.3 Å². The first-order valence-corrected chi connectivity index (χ1v) is 14.9. The number of rotatable bonds is 13. The van der Waals surface area contributed by atoms with Crippen LogP contribution in [0.1, 0.15) is 78.9 Å². The molecule has 0 aliphatic carbocycles. The van der Waals surface area contributed by atoms with Crippen molar-refractivity contribution in [2.24, 2.45) is 5.92 Å². The third kappa shape index (κ3) is 9.51. The number of hydrogen-bond donors (Lipinski definition) is 2. The Morgan fingerprint density at radius 3 is 1.98 bits per heavy atom. The van der Waals surface area contributed by atoms with E-state index >= 15 is 0 Å². The van der Waals surface area contributed by atoms with Crippen molar-refractivity contribution in [1.82, 2.24) is 4.90 Å². The summed E-state index contributed by atoms with van der Waals surface area (Å²) < 4.78 is 11.1. The predicted octanol–water partition coefficient (Wildman–Crippen LogP) is 6.24. The molecule has 2 aromatic rings. The first-order valence-electron chi connectivity index (χ1n) is 14.9. The molecule has 0 radical (unpaired) electrons. The number of aliphatic hydroxyl groups is 1. The summed E-state index contributed by atoms with van der Waals surface area (Å²) in [5.41, 5.74) is 3.08. The lowest BCUT2D eigenvalue weighted by atomic mass is 9.98. The van der Waals surface area contributed by atoms with Gasteiger partial charge in [0.2, 0.25) is 0 Å². The van der Waals surface area contributed by atoms with E-state index in [-0.39, 0.29) is 11.6 Å². The molecule has 1 aliphatic heterocycles. The molecule has 230 valence electrons. The number of benzene rings is 2. The molecule has 0 spiro atoms. The maximum Gasteiger partial charge on any atom is 0.352 e. The lowest BCUT2D eigenvalue weighted by molar-refractivity contribution is -0.222. The summed E-state index contributed by atoms with van der Waals surface area (Å²) in [6.07, 6.45) is 3.10. The van der Waals surface area contributed by atoms with Gasteiger partial charge in [-0.2, -0.15) is 0 Å². The quantitative estimate of drug-likeness (QED) is 0.164. The molecule has 1 heterocycles. The molecule has 42 heavy (non-hydrogen) atoms. The van der Waals surface area contributed by atoms with Gasteiger partial charge in [-0.15, -0.1) is 0 Å². The first-order chi connectivity index (χ1) is 19.5. The van der Waals surface area contributed by atoms with Gasteiger partial charge in [-0.05, 0) is 87.8 Å². The fourth-order valence-electron chi connectivity index (χ4n) is 4.99. The van der Waals surface area contributed by atoms with Crippen molar-refractivity contribution in [2.45, 2.75) is 98.1 Å². The number of nitrogens with one attached hydrogen (secondary N) is 1. The Morgan fingerprint density at radius 2 is 1.48 bits per heavy atom. The van der Waals surface area contributed by atoms with Gasteiger partial charge in [-0.25, -0.2) is 9.59 Å². The molecule has 8 heteroatoms. The lowest BCUT2D eigenvalue weighted by Crippen LogP contribution is -2.45.